The highest BCUT2D eigenvalue weighted by Gasteiger charge is 2.39. The summed E-state index contributed by atoms with van der Waals surface area (Å²) in [5.41, 5.74) is 0. The van der Waals surface area contributed by atoms with Crippen molar-refractivity contribution < 1.29 is 28.6 Å². The molecule has 7 nitrogen and oxygen atoms in total. The molecule has 114 valence electrons. The Balaban J connectivity index is 2.81. The third-order valence-electron chi connectivity index (χ3n) is 2.96. The van der Waals surface area contributed by atoms with E-state index in [-0.39, 0.29) is 13.2 Å². The predicted molar refractivity (Wildman–Crippen MR) is 68.8 cm³/mol. The molecule has 1 atom stereocenters. The summed E-state index contributed by atoms with van der Waals surface area (Å²) < 4.78 is 14.9. The monoisotopic (exact) mass is 287 g/mol. The van der Waals surface area contributed by atoms with E-state index >= 15 is 0 Å². The average molecular weight is 287 g/mol. The molecular weight excluding hydrogens is 266 g/mol. The minimum Gasteiger partial charge on any atom is -0.464 e. The first kappa shape index (κ1) is 16.4. The van der Waals surface area contributed by atoms with Gasteiger partial charge in [0.25, 0.3) is 5.91 Å². The molecule has 0 N–H and O–H groups in total. The van der Waals surface area contributed by atoms with E-state index in [1.165, 1.54) is 7.05 Å². The standard InChI is InChI=1S/C13H21NO6/c1-4-18-12(16)10(13(17)19-5-2)14(3)11(15)9-7-6-8-20-9/h9-10H,4-8H2,1-3H3/t9-/m1/s1. The highest BCUT2D eigenvalue weighted by molar-refractivity contribution is 6.02. The molecule has 0 aliphatic carbocycles. The number of ether oxygens (including phenoxy) is 3. The maximum absolute atomic E-state index is 12.2. The van der Waals surface area contributed by atoms with Gasteiger partial charge in [0, 0.05) is 13.7 Å². The summed E-state index contributed by atoms with van der Waals surface area (Å²) in [7, 11) is 1.38. The van der Waals surface area contributed by atoms with E-state index in [0.29, 0.717) is 13.0 Å². The lowest BCUT2D eigenvalue weighted by Gasteiger charge is -2.26. The van der Waals surface area contributed by atoms with Crippen molar-refractivity contribution in [2.24, 2.45) is 0 Å². The van der Waals surface area contributed by atoms with Gasteiger partial charge in [0.05, 0.1) is 13.2 Å². The summed E-state index contributed by atoms with van der Waals surface area (Å²) in [6, 6.07) is -1.38. The molecule has 0 bridgehead atoms. The van der Waals surface area contributed by atoms with Crippen LogP contribution < -0.4 is 0 Å². The molecule has 0 radical (unpaired) electrons. The fraction of sp³-hybridized carbons (Fsp3) is 0.769. The molecule has 1 rings (SSSR count). The van der Waals surface area contributed by atoms with Gasteiger partial charge in [-0.3, -0.25) is 4.79 Å². The van der Waals surface area contributed by atoms with E-state index in [1.54, 1.807) is 13.8 Å². The molecule has 0 aromatic heterocycles. The Bertz CT molecular complexity index is 346. The van der Waals surface area contributed by atoms with Crippen molar-refractivity contribution in [3.63, 3.8) is 0 Å². The molecule has 1 fully saturated rings. The van der Waals surface area contributed by atoms with Crippen molar-refractivity contribution >= 4 is 17.8 Å². The van der Waals surface area contributed by atoms with Crippen molar-refractivity contribution in [3.8, 4) is 0 Å². The van der Waals surface area contributed by atoms with Crippen LogP contribution in [0.1, 0.15) is 26.7 Å². The second-order valence-corrected chi connectivity index (χ2v) is 4.36. The summed E-state index contributed by atoms with van der Waals surface area (Å²) in [6.07, 6.45) is 0.765. The van der Waals surface area contributed by atoms with E-state index in [9.17, 15) is 14.4 Å². The first-order chi connectivity index (χ1) is 9.52. The summed E-state index contributed by atoms with van der Waals surface area (Å²) in [4.78, 5) is 37.0. The highest BCUT2D eigenvalue weighted by Crippen LogP contribution is 2.16. The molecule has 1 aliphatic heterocycles. The molecule has 1 aliphatic rings. The normalized spacial score (nSPS) is 17.9. The molecule has 0 aromatic carbocycles. The van der Waals surface area contributed by atoms with E-state index in [1.807, 2.05) is 0 Å². The van der Waals surface area contributed by atoms with Crippen LogP contribution in [0.2, 0.25) is 0 Å². The van der Waals surface area contributed by atoms with Crippen molar-refractivity contribution in [2.75, 3.05) is 26.9 Å². The van der Waals surface area contributed by atoms with Crippen LogP contribution in [-0.4, -0.2) is 61.8 Å². The SMILES string of the molecule is CCOC(=O)C(C(=O)OCC)N(C)C(=O)[C@H]1CCCO1. The minimum absolute atomic E-state index is 0.122. The van der Waals surface area contributed by atoms with Crippen molar-refractivity contribution in [1.29, 1.82) is 0 Å². The van der Waals surface area contributed by atoms with Gasteiger partial charge in [0.15, 0.2) is 0 Å². The number of nitrogens with zero attached hydrogens (tertiary/aromatic N) is 1. The number of amides is 1. The number of hydrogen-bond donors (Lipinski definition) is 0. The van der Waals surface area contributed by atoms with Crippen LogP contribution in [0.5, 0.6) is 0 Å². The van der Waals surface area contributed by atoms with Gasteiger partial charge in [-0.1, -0.05) is 0 Å². The van der Waals surface area contributed by atoms with Crippen LogP contribution in [0, 0.1) is 0 Å². The van der Waals surface area contributed by atoms with Crippen molar-refractivity contribution in [1.82, 2.24) is 4.90 Å². The van der Waals surface area contributed by atoms with Gasteiger partial charge in [-0.15, -0.1) is 0 Å². The Labute approximate surface area is 118 Å². The summed E-state index contributed by atoms with van der Waals surface area (Å²) in [5, 5.41) is 0. The first-order valence-electron chi connectivity index (χ1n) is 6.74. The minimum atomic E-state index is -1.38. The summed E-state index contributed by atoms with van der Waals surface area (Å²) in [6.45, 7) is 4.01. The molecule has 1 saturated heterocycles. The molecule has 20 heavy (non-hydrogen) atoms. The van der Waals surface area contributed by atoms with Gasteiger partial charge < -0.3 is 19.1 Å². The fourth-order valence-electron chi connectivity index (χ4n) is 1.98. The first-order valence-corrected chi connectivity index (χ1v) is 6.74. The van der Waals surface area contributed by atoms with Crippen LogP contribution in [0.15, 0.2) is 0 Å². The quantitative estimate of drug-likeness (QED) is 0.510. The second-order valence-electron chi connectivity index (χ2n) is 4.36. The molecule has 0 unspecified atom stereocenters. The van der Waals surface area contributed by atoms with E-state index in [2.05, 4.69) is 0 Å². The fourth-order valence-corrected chi connectivity index (χ4v) is 1.98. The van der Waals surface area contributed by atoms with Crippen LogP contribution in [0.4, 0.5) is 0 Å². The average Bonchev–Trinajstić information content (AvgIpc) is 2.92. The number of carbonyl (C=O) groups is 3. The van der Waals surface area contributed by atoms with Gasteiger partial charge in [-0.05, 0) is 26.7 Å². The Hall–Kier alpha value is -1.63. The van der Waals surface area contributed by atoms with Crippen molar-refractivity contribution in [3.05, 3.63) is 0 Å². The van der Waals surface area contributed by atoms with Gasteiger partial charge in [-0.25, -0.2) is 9.59 Å². The second kappa shape index (κ2) is 7.84. The molecule has 0 saturated carbocycles. The largest absolute Gasteiger partial charge is 0.464 e. The number of hydrogen-bond acceptors (Lipinski definition) is 6. The maximum Gasteiger partial charge on any atom is 0.340 e. The van der Waals surface area contributed by atoms with Crippen LogP contribution >= 0.6 is 0 Å². The lowest BCUT2D eigenvalue weighted by molar-refractivity contribution is -0.168. The zero-order valence-electron chi connectivity index (χ0n) is 12.1. The molecule has 1 amide bonds. The van der Waals surface area contributed by atoms with Crippen LogP contribution in [0.3, 0.4) is 0 Å². The van der Waals surface area contributed by atoms with Gasteiger partial charge >= 0.3 is 11.9 Å². The van der Waals surface area contributed by atoms with Gasteiger partial charge in [0.2, 0.25) is 6.04 Å². The molecule has 0 spiro atoms. The third-order valence-corrected chi connectivity index (χ3v) is 2.96. The Morgan fingerprint density at radius 2 is 1.75 bits per heavy atom. The van der Waals surface area contributed by atoms with Gasteiger partial charge in [0.1, 0.15) is 6.10 Å². The topological polar surface area (TPSA) is 82.1 Å². The molecule has 0 aromatic rings. The molecule has 7 heteroatoms. The van der Waals surface area contributed by atoms with Gasteiger partial charge in [-0.2, -0.15) is 0 Å². The molecule has 1 heterocycles. The number of carbonyl (C=O) groups excluding carboxylic acids is 3. The van der Waals surface area contributed by atoms with Crippen LogP contribution in [0.25, 0.3) is 0 Å². The third kappa shape index (κ3) is 3.93. The zero-order valence-corrected chi connectivity index (χ0v) is 12.1. The molecular formula is C13H21NO6. The lowest BCUT2D eigenvalue weighted by atomic mass is 10.2. The number of likely N-dealkylation sites (N-methyl/N-ethyl adjacent to an activating group) is 1. The Kier molecular flexibility index (Phi) is 6.44. The van der Waals surface area contributed by atoms with E-state index in [0.717, 1.165) is 11.3 Å². The smallest absolute Gasteiger partial charge is 0.340 e. The van der Waals surface area contributed by atoms with Crippen molar-refractivity contribution in [2.45, 2.75) is 38.8 Å². The maximum atomic E-state index is 12.2. The highest BCUT2D eigenvalue weighted by atomic mass is 16.6. The predicted octanol–water partition coefficient (Wildman–Crippen LogP) is 0.119. The van der Waals surface area contributed by atoms with Crippen LogP contribution in [-0.2, 0) is 28.6 Å². The van der Waals surface area contributed by atoms with E-state index < -0.39 is 30.0 Å². The number of rotatable bonds is 6. The van der Waals surface area contributed by atoms with E-state index in [4.69, 9.17) is 14.2 Å². The summed E-state index contributed by atoms with van der Waals surface area (Å²) >= 11 is 0. The summed E-state index contributed by atoms with van der Waals surface area (Å²) in [5.74, 6) is -1.99. The number of esters is 2. The Morgan fingerprint density at radius 1 is 1.20 bits per heavy atom. The zero-order chi connectivity index (χ0) is 15.1. The lowest BCUT2D eigenvalue weighted by Crippen LogP contribution is -2.52. The Morgan fingerprint density at radius 3 is 2.15 bits per heavy atom.